The van der Waals surface area contributed by atoms with Gasteiger partial charge in [0.25, 0.3) is 0 Å². The molecular weight excluding hydrogens is 496 g/mol. The fourth-order valence-corrected chi connectivity index (χ4v) is 5.28. The molecule has 9 nitrogen and oxygen atoms in total. The summed E-state index contributed by atoms with van der Waals surface area (Å²) in [5, 5.41) is 13.5. The third-order valence-electron chi connectivity index (χ3n) is 7.56. The molecule has 38 heavy (non-hydrogen) atoms. The number of likely N-dealkylation sites (tertiary alicyclic amines) is 1. The number of fused-ring (bicyclic) bond motifs is 1. The van der Waals surface area contributed by atoms with E-state index in [0.717, 1.165) is 27.1 Å². The number of piperidine rings is 1. The minimum atomic E-state index is -1.51. The number of anilines is 1. The van der Waals surface area contributed by atoms with Crippen molar-refractivity contribution in [2.45, 2.75) is 44.6 Å². The summed E-state index contributed by atoms with van der Waals surface area (Å²) in [6.07, 6.45) is 0.871. The molecule has 0 aromatic heterocycles. The first-order chi connectivity index (χ1) is 18.2. The summed E-state index contributed by atoms with van der Waals surface area (Å²) in [5.74, 6) is -2.55. The second kappa shape index (κ2) is 10.1. The van der Waals surface area contributed by atoms with Crippen molar-refractivity contribution in [3.05, 3.63) is 71.4 Å². The van der Waals surface area contributed by atoms with Crippen LogP contribution in [0.15, 0.2) is 48.7 Å². The second-order valence-electron chi connectivity index (χ2n) is 9.81. The number of hydrogen-bond acceptors (Lipinski definition) is 4. The van der Waals surface area contributed by atoms with Crippen LogP contribution in [0.1, 0.15) is 30.9 Å². The van der Waals surface area contributed by atoms with Crippen LogP contribution >= 0.6 is 0 Å². The van der Waals surface area contributed by atoms with E-state index in [1.165, 1.54) is 25.4 Å². The van der Waals surface area contributed by atoms with Crippen LogP contribution in [0.3, 0.4) is 0 Å². The molecule has 2 atom stereocenters. The van der Waals surface area contributed by atoms with Crippen molar-refractivity contribution in [1.82, 2.24) is 19.6 Å². The third-order valence-corrected chi connectivity index (χ3v) is 7.56. The number of likely N-dealkylation sites (N-methyl/N-ethyl adjacent to an activating group) is 1. The van der Waals surface area contributed by atoms with Gasteiger partial charge in [0.1, 0.15) is 6.04 Å². The summed E-state index contributed by atoms with van der Waals surface area (Å²) >= 11 is 0. The topological polar surface area (TPSA) is 96.4 Å². The zero-order chi connectivity index (χ0) is 27.1. The summed E-state index contributed by atoms with van der Waals surface area (Å²) < 4.78 is 28.4. The van der Waals surface area contributed by atoms with Gasteiger partial charge in [0.05, 0.1) is 0 Å². The van der Waals surface area contributed by atoms with E-state index in [0.29, 0.717) is 32.5 Å². The van der Waals surface area contributed by atoms with Gasteiger partial charge >= 0.3 is 12.1 Å². The molecule has 2 aromatic carbocycles. The Labute approximate surface area is 218 Å². The van der Waals surface area contributed by atoms with E-state index in [-0.39, 0.29) is 29.1 Å². The van der Waals surface area contributed by atoms with Crippen molar-refractivity contribution < 1.29 is 28.3 Å². The molecule has 0 radical (unpaired) electrons. The molecule has 1 fully saturated rings. The first-order valence-corrected chi connectivity index (χ1v) is 12.5. The van der Waals surface area contributed by atoms with Crippen LogP contribution in [0.4, 0.5) is 24.1 Å². The van der Waals surface area contributed by atoms with Crippen molar-refractivity contribution in [2.75, 3.05) is 25.5 Å². The molecule has 3 aliphatic rings. The maximum absolute atomic E-state index is 14.5. The third kappa shape index (κ3) is 4.47. The molecule has 1 saturated heterocycles. The Morgan fingerprint density at radius 3 is 2.53 bits per heavy atom. The number of carbonyl (C=O) groups excluding carboxylic acids is 3. The molecule has 5 rings (SSSR count). The second-order valence-corrected chi connectivity index (χ2v) is 9.81. The van der Waals surface area contributed by atoms with Crippen LogP contribution in [0, 0.1) is 11.6 Å². The number of halogens is 2. The lowest BCUT2D eigenvalue weighted by atomic mass is 9.99. The number of nitrogens with zero attached hydrogens (tertiary/aromatic N) is 4. The lowest BCUT2D eigenvalue weighted by molar-refractivity contribution is -0.136. The Morgan fingerprint density at radius 1 is 1.08 bits per heavy atom. The Bertz CT molecular complexity index is 1310. The highest BCUT2D eigenvalue weighted by atomic mass is 19.2. The summed E-state index contributed by atoms with van der Waals surface area (Å²) in [6.45, 7) is 2.85. The minimum Gasteiger partial charge on any atom is -0.369 e. The normalized spacial score (nSPS) is 21.2. The molecule has 0 saturated carbocycles. The van der Waals surface area contributed by atoms with Gasteiger partial charge in [-0.15, -0.1) is 0 Å². The highest BCUT2D eigenvalue weighted by molar-refractivity contribution is 5.93. The van der Waals surface area contributed by atoms with Crippen LogP contribution in [0.2, 0.25) is 0 Å². The molecular formula is C27H29F2N5O4. The predicted octanol–water partition coefficient (Wildman–Crippen LogP) is 3.42. The van der Waals surface area contributed by atoms with Gasteiger partial charge in [0, 0.05) is 55.7 Å². The lowest BCUT2D eigenvalue weighted by Crippen LogP contribution is -2.57. The van der Waals surface area contributed by atoms with Crippen molar-refractivity contribution in [1.29, 1.82) is 0 Å². The minimum absolute atomic E-state index is 0.0288. The quantitative estimate of drug-likeness (QED) is 0.640. The molecule has 3 heterocycles. The van der Waals surface area contributed by atoms with Gasteiger partial charge < -0.3 is 20.2 Å². The van der Waals surface area contributed by atoms with Crippen LogP contribution < -0.4 is 5.32 Å². The number of carbonyl (C=O) groups is 3. The monoisotopic (exact) mass is 525 g/mol. The van der Waals surface area contributed by atoms with Gasteiger partial charge in [0.15, 0.2) is 17.9 Å². The number of urea groups is 2. The van der Waals surface area contributed by atoms with Crippen molar-refractivity contribution in [3.63, 3.8) is 0 Å². The van der Waals surface area contributed by atoms with E-state index in [1.54, 1.807) is 16.7 Å². The average Bonchev–Trinajstić information content (AvgIpc) is 2.93. The van der Waals surface area contributed by atoms with Crippen molar-refractivity contribution >= 4 is 29.2 Å². The predicted molar refractivity (Wildman–Crippen MR) is 135 cm³/mol. The van der Waals surface area contributed by atoms with Crippen LogP contribution in [-0.2, 0) is 11.3 Å². The molecule has 0 bridgehead atoms. The number of nitrogens with one attached hydrogen (secondary N) is 1. The summed E-state index contributed by atoms with van der Waals surface area (Å²) in [6, 6.07) is 9.43. The first-order valence-electron chi connectivity index (χ1n) is 12.5. The van der Waals surface area contributed by atoms with E-state index >= 15 is 0 Å². The number of amides is 5. The smallest absolute Gasteiger partial charge is 0.326 e. The fourth-order valence-electron chi connectivity index (χ4n) is 5.28. The molecule has 0 aliphatic carbocycles. The fraction of sp³-hybridized carbons (Fsp3) is 0.370. The van der Waals surface area contributed by atoms with Gasteiger partial charge in [-0.2, -0.15) is 0 Å². The number of benzene rings is 2. The Kier molecular flexibility index (Phi) is 6.78. The van der Waals surface area contributed by atoms with Crippen molar-refractivity contribution in [2.24, 2.45) is 0 Å². The summed E-state index contributed by atoms with van der Waals surface area (Å²) in [5.41, 5.74) is 1.62. The van der Waals surface area contributed by atoms with Crippen LogP contribution in [0.25, 0.3) is 5.57 Å². The van der Waals surface area contributed by atoms with E-state index in [9.17, 15) is 28.3 Å². The molecule has 0 spiro atoms. The largest absolute Gasteiger partial charge is 0.369 e. The van der Waals surface area contributed by atoms with Crippen LogP contribution in [-0.4, -0.2) is 81.1 Å². The number of aliphatic hydroxyl groups is 1. The first kappa shape index (κ1) is 25.7. The van der Waals surface area contributed by atoms with Gasteiger partial charge in [0.2, 0.25) is 5.91 Å². The highest BCUT2D eigenvalue weighted by Crippen LogP contribution is 2.31. The molecule has 2 unspecified atom stereocenters. The molecule has 3 aliphatic heterocycles. The van der Waals surface area contributed by atoms with E-state index < -0.39 is 29.9 Å². The molecule has 2 aromatic rings. The maximum atomic E-state index is 14.5. The molecule has 11 heteroatoms. The number of hydrogen-bond donors (Lipinski definition) is 2. The van der Waals surface area contributed by atoms with E-state index in [2.05, 4.69) is 5.32 Å². The zero-order valence-corrected chi connectivity index (χ0v) is 21.1. The Hall–Kier alpha value is -3.99. The molecule has 200 valence electrons. The van der Waals surface area contributed by atoms with E-state index in [4.69, 9.17) is 0 Å². The van der Waals surface area contributed by atoms with Gasteiger partial charge in [-0.1, -0.05) is 30.3 Å². The van der Waals surface area contributed by atoms with Crippen LogP contribution in [0.5, 0.6) is 0 Å². The Balaban J connectivity index is 1.29. The maximum Gasteiger partial charge on any atom is 0.326 e. The summed E-state index contributed by atoms with van der Waals surface area (Å²) in [7, 11) is 1.33. The SMILES string of the molecule is CC(C(=O)N1CCC(N2Cc3ccccc3NC2=O)CC1)N1C=C(c2cccc(F)c2F)C(O)N(C)C1=O. The zero-order valence-electron chi connectivity index (χ0n) is 21.1. The number of para-hydroxylation sites is 1. The van der Waals surface area contributed by atoms with Crippen molar-refractivity contribution in [3.8, 4) is 0 Å². The standard InChI is InChI=1S/C27H29F2N5O4/c1-16(33-15-20(25(36)31(2)27(33)38)19-7-5-8-21(28)23(19)29)24(35)32-12-10-18(11-13-32)34-14-17-6-3-4-9-22(17)30-26(34)37/h3-9,15-16,18,25,36H,10-14H2,1-2H3,(H,30,37). The number of aliphatic hydroxyl groups excluding tert-OH is 1. The molecule has 2 N–H and O–H groups in total. The van der Waals surface area contributed by atoms with Gasteiger partial charge in [-0.25, -0.2) is 18.4 Å². The summed E-state index contributed by atoms with van der Waals surface area (Å²) in [4.78, 5) is 44.6. The average molecular weight is 526 g/mol. The van der Waals surface area contributed by atoms with Gasteiger partial charge in [-0.3, -0.25) is 14.6 Å². The Morgan fingerprint density at radius 2 is 1.79 bits per heavy atom. The highest BCUT2D eigenvalue weighted by Gasteiger charge is 2.39. The van der Waals surface area contributed by atoms with E-state index in [1.807, 2.05) is 24.3 Å². The molecule has 5 amide bonds. The van der Waals surface area contributed by atoms with Gasteiger partial charge in [-0.05, 0) is 37.5 Å². The lowest BCUT2D eigenvalue weighted by Gasteiger charge is -2.43. The number of rotatable bonds is 4.